The normalized spacial score (nSPS) is 12.1. The van der Waals surface area contributed by atoms with E-state index in [1.165, 1.54) is 17.7 Å². The molecule has 0 saturated heterocycles. The van der Waals surface area contributed by atoms with E-state index in [2.05, 4.69) is 45.9 Å². The van der Waals surface area contributed by atoms with Crippen LogP contribution in [0.15, 0.2) is 6.20 Å². The highest BCUT2D eigenvalue weighted by molar-refractivity contribution is 5.17. The Labute approximate surface area is 87.3 Å². The molecule has 0 aliphatic carbocycles. The van der Waals surface area contributed by atoms with Crippen LogP contribution in [0.4, 0.5) is 0 Å². The van der Waals surface area contributed by atoms with E-state index in [-0.39, 0.29) is 0 Å². The van der Waals surface area contributed by atoms with E-state index in [0.717, 1.165) is 13.0 Å². The Morgan fingerprint density at radius 2 is 2.00 bits per heavy atom. The average molecular weight is 194 g/mol. The predicted molar refractivity (Wildman–Crippen MR) is 60.4 cm³/mol. The number of hydrogen-bond donors (Lipinski definition) is 0. The molecule has 0 saturated carbocycles. The van der Waals surface area contributed by atoms with E-state index in [4.69, 9.17) is 0 Å². The zero-order valence-corrected chi connectivity index (χ0v) is 10.1. The Morgan fingerprint density at radius 3 is 2.43 bits per heavy atom. The summed E-state index contributed by atoms with van der Waals surface area (Å²) < 4.78 is 2.02. The summed E-state index contributed by atoms with van der Waals surface area (Å²) in [5.74, 6) is 0. The molecule has 0 N–H and O–H groups in total. The molecular formula is C12H22N2. The van der Waals surface area contributed by atoms with Crippen LogP contribution in [-0.2, 0) is 13.0 Å². The lowest BCUT2D eigenvalue weighted by Crippen LogP contribution is -2.13. The zero-order chi connectivity index (χ0) is 10.8. The average Bonchev–Trinajstić information content (AvgIpc) is 2.47. The summed E-state index contributed by atoms with van der Waals surface area (Å²) >= 11 is 0. The highest BCUT2D eigenvalue weighted by Gasteiger charge is 2.18. The molecule has 2 nitrogen and oxygen atoms in total. The van der Waals surface area contributed by atoms with Crippen LogP contribution >= 0.6 is 0 Å². The summed E-state index contributed by atoms with van der Waals surface area (Å²) in [7, 11) is 0. The molecule has 1 rings (SSSR count). The Hall–Kier alpha value is -0.790. The highest BCUT2D eigenvalue weighted by atomic mass is 15.3. The van der Waals surface area contributed by atoms with Crippen LogP contribution in [-0.4, -0.2) is 9.78 Å². The van der Waals surface area contributed by atoms with Gasteiger partial charge in [0.05, 0.1) is 5.69 Å². The molecule has 14 heavy (non-hydrogen) atoms. The van der Waals surface area contributed by atoms with E-state index in [1.54, 1.807) is 0 Å². The fourth-order valence-electron chi connectivity index (χ4n) is 1.54. The second kappa shape index (κ2) is 4.16. The first-order chi connectivity index (χ1) is 6.48. The van der Waals surface area contributed by atoms with Crippen LogP contribution in [0.3, 0.4) is 0 Å². The molecule has 0 radical (unpaired) electrons. The lowest BCUT2D eigenvalue weighted by atomic mass is 9.83. The Morgan fingerprint density at radius 1 is 1.36 bits per heavy atom. The van der Waals surface area contributed by atoms with Gasteiger partial charge in [-0.3, -0.25) is 4.68 Å². The lowest BCUT2D eigenvalue weighted by Gasteiger charge is -2.21. The molecule has 0 spiro atoms. The standard InChI is InChI=1S/C12H22N2/c1-6-12(4,5)8-11-9-14(7-2)13-10(11)3/h9H,6-8H2,1-5H3. The van der Waals surface area contributed by atoms with Crippen molar-refractivity contribution in [2.45, 2.75) is 54.0 Å². The van der Waals surface area contributed by atoms with Gasteiger partial charge in [-0.05, 0) is 31.2 Å². The van der Waals surface area contributed by atoms with Crippen molar-refractivity contribution < 1.29 is 0 Å². The molecular weight excluding hydrogens is 172 g/mol. The minimum Gasteiger partial charge on any atom is -0.272 e. The second-order valence-electron chi connectivity index (χ2n) is 4.79. The van der Waals surface area contributed by atoms with Gasteiger partial charge in [0.1, 0.15) is 0 Å². The maximum Gasteiger partial charge on any atom is 0.0625 e. The number of hydrogen-bond acceptors (Lipinski definition) is 1. The molecule has 0 bridgehead atoms. The predicted octanol–water partition coefficient (Wildman–Crippen LogP) is 3.19. The van der Waals surface area contributed by atoms with E-state index in [9.17, 15) is 0 Å². The van der Waals surface area contributed by atoms with Crippen molar-refractivity contribution in [3.05, 3.63) is 17.5 Å². The summed E-state index contributed by atoms with van der Waals surface area (Å²) in [6.07, 6.45) is 4.53. The first kappa shape index (κ1) is 11.3. The summed E-state index contributed by atoms with van der Waals surface area (Å²) in [5, 5.41) is 4.46. The van der Waals surface area contributed by atoms with Gasteiger partial charge in [-0.25, -0.2) is 0 Å². The monoisotopic (exact) mass is 194 g/mol. The third-order valence-corrected chi connectivity index (χ3v) is 3.00. The summed E-state index contributed by atoms with van der Waals surface area (Å²) in [4.78, 5) is 0. The molecule has 1 heterocycles. The Bertz CT molecular complexity index is 297. The summed E-state index contributed by atoms with van der Waals surface area (Å²) in [5.41, 5.74) is 2.99. The molecule has 0 atom stereocenters. The van der Waals surface area contributed by atoms with E-state index < -0.39 is 0 Å². The van der Waals surface area contributed by atoms with Crippen LogP contribution < -0.4 is 0 Å². The van der Waals surface area contributed by atoms with Gasteiger partial charge in [-0.15, -0.1) is 0 Å². The van der Waals surface area contributed by atoms with Crippen molar-refractivity contribution in [3.8, 4) is 0 Å². The van der Waals surface area contributed by atoms with Crippen molar-refractivity contribution >= 4 is 0 Å². The molecule has 0 aliphatic rings. The van der Waals surface area contributed by atoms with E-state index in [0.29, 0.717) is 5.41 Å². The fourth-order valence-corrected chi connectivity index (χ4v) is 1.54. The van der Waals surface area contributed by atoms with Crippen LogP contribution in [0.1, 0.15) is 45.4 Å². The van der Waals surface area contributed by atoms with Crippen molar-refractivity contribution in [2.75, 3.05) is 0 Å². The van der Waals surface area contributed by atoms with Crippen molar-refractivity contribution in [1.29, 1.82) is 0 Å². The molecule has 1 aromatic rings. The van der Waals surface area contributed by atoms with Crippen LogP contribution in [0.25, 0.3) is 0 Å². The van der Waals surface area contributed by atoms with Gasteiger partial charge < -0.3 is 0 Å². The van der Waals surface area contributed by atoms with Gasteiger partial charge in [0.2, 0.25) is 0 Å². The Kier molecular flexibility index (Phi) is 3.35. The highest BCUT2D eigenvalue weighted by Crippen LogP contribution is 2.26. The quantitative estimate of drug-likeness (QED) is 0.719. The van der Waals surface area contributed by atoms with Gasteiger partial charge in [-0.2, -0.15) is 5.10 Å². The maximum atomic E-state index is 4.46. The van der Waals surface area contributed by atoms with Crippen molar-refractivity contribution in [3.63, 3.8) is 0 Å². The van der Waals surface area contributed by atoms with Gasteiger partial charge >= 0.3 is 0 Å². The number of aromatic nitrogens is 2. The second-order valence-corrected chi connectivity index (χ2v) is 4.79. The molecule has 1 aromatic heterocycles. The van der Waals surface area contributed by atoms with Gasteiger partial charge in [0.25, 0.3) is 0 Å². The van der Waals surface area contributed by atoms with Crippen LogP contribution in [0.5, 0.6) is 0 Å². The van der Waals surface area contributed by atoms with Gasteiger partial charge in [0, 0.05) is 12.7 Å². The van der Waals surface area contributed by atoms with Crippen molar-refractivity contribution in [1.82, 2.24) is 9.78 Å². The molecule has 0 fully saturated rings. The largest absolute Gasteiger partial charge is 0.272 e. The smallest absolute Gasteiger partial charge is 0.0625 e. The van der Waals surface area contributed by atoms with Gasteiger partial charge in [-0.1, -0.05) is 27.2 Å². The molecule has 0 aliphatic heterocycles. The Balaban J connectivity index is 2.81. The lowest BCUT2D eigenvalue weighted by molar-refractivity contribution is 0.348. The van der Waals surface area contributed by atoms with E-state index in [1.807, 2.05) is 4.68 Å². The first-order valence-corrected chi connectivity index (χ1v) is 5.51. The molecule has 2 heteroatoms. The summed E-state index contributed by atoms with van der Waals surface area (Å²) in [6, 6.07) is 0. The number of aryl methyl sites for hydroxylation is 2. The minimum absolute atomic E-state index is 0.395. The van der Waals surface area contributed by atoms with Crippen molar-refractivity contribution in [2.24, 2.45) is 5.41 Å². The third kappa shape index (κ3) is 2.60. The van der Waals surface area contributed by atoms with Crippen LogP contribution in [0.2, 0.25) is 0 Å². The molecule has 80 valence electrons. The molecule has 0 aromatic carbocycles. The number of nitrogens with zero attached hydrogens (tertiary/aromatic N) is 2. The SMILES string of the molecule is CCn1cc(CC(C)(C)CC)c(C)n1. The molecule has 0 amide bonds. The van der Waals surface area contributed by atoms with Gasteiger partial charge in [0.15, 0.2) is 0 Å². The first-order valence-electron chi connectivity index (χ1n) is 5.51. The minimum atomic E-state index is 0.395. The zero-order valence-electron chi connectivity index (χ0n) is 10.1. The fraction of sp³-hybridized carbons (Fsp3) is 0.750. The molecule has 0 unspecified atom stereocenters. The van der Waals surface area contributed by atoms with Crippen LogP contribution in [0, 0.1) is 12.3 Å². The topological polar surface area (TPSA) is 17.8 Å². The number of rotatable bonds is 4. The maximum absolute atomic E-state index is 4.46. The third-order valence-electron chi connectivity index (χ3n) is 3.00. The summed E-state index contributed by atoms with van der Waals surface area (Å²) in [6.45, 7) is 12.1. The van der Waals surface area contributed by atoms with E-state index >= 15 is 0 Å².